The summed E-state index contributed by atoms with van der Waals surface area (Å²) in [5, 5.41) is 5.49. The van der Waals surface area contributed by atoms with Crippen molar-refractivity contribution in [3.63, 3.8) is 0 Å². The Morgan fingerprint density at radius 1 is 1.20 bits per heavy atom. The molecule has 1 atom stereocenters. The Morgan fingerprint density at radius 2 is 2.10 bits per heavy atom. The first-order valence-corrected chi connectivity index (χ1v) is 10.2. The van der Waals surface area contributed by atoms with E-state index in [-0.39, 0.29) is 11.5 Å². The number of carbonyl (C=O) groups excluding carboxylic acids is 1. The van der Waals surface area contributed by atoms with E-state index in [0.29, 0.717) is 17.4 Å². The number of hydrogen-bond acceptors (Lipinski definition) is 4. The summed E-state index contributed by atoms with van der Waals surface area (Å²) in [7, 11) is 0. The number of benzene rings is 1. The molecular weight excluding hydrogens is 378 g/mol. The quantitative estimate of drug-likeness (QED) is 0.487. The van der Waals surface area contributed by atoms with Crippen molar-refractivity contribution >= 4 is 33.4 Å². The van der Waals surface area contributed by atoms with Crippen LogP contribution in [0.25, 0.3) is 21.7 Å². The number of likely N-dealkylation sites (tertiary alicyclic amines) is 1. The molecule has 7 nitrogen and oxygen atoms in total. The molecule has 7 heteroatoms. The number of hydrogen-bond donors (Lipinski definition) is 3. The topological polar surface area (TPSA) is 93.9 Å². The minimum Gasteiger partial charge on any atom is -0.357 e. The van der Waals surface area contributed by atoms with Gasteiger partial charge in [0.15, 0.2) is 0 Å². The van der Waals surface area contributed by atoms with Crippen LogP contribution < -0.4 is 10.9 Å². The summed E-state index contributed by atoms with van der Waals surface area (Å²) in [6.45, 7) is 4.31. The van der Waals surface area contributed by atoms with Crippen LogP contribution in [0.2, 0.25) is 0 Å². The van der Waals surface area contributed by atoms with Crippen LogP contribution >= 0.6 is 0 Å². The zero-order valence-electron chi connectivity index (χ0n) is 16.7. The molecule has 0 aliphatic carbocycles. The first-order chi connectivity index (χ1) is 14.5. The molecule has 4 aromatic rings. The Labute approximate surface area is 173 Å². The van der Waals surface area contributed by atoms with Crippen LogP contribution in [0.4, 0.5) is 5.82 Å². The van der Waals surface area contributed by atoms with E-state index in [4.69, 9.17) is 0 Å². The summed E-state index contributed by atoms with van der Waals surface area (Å²) in [6.07, 6.45) is 5.90. The van der Waals surface area contributed by atoms with E-state index in [9.17, 15) is 9.59 Å². The highest BCUT2D eigenvalue weighted by atomic mass is 16.1. The number of pyridine rings is 2. The van der Waals surface area contributed by atoms with Gasteiger partial charge >= 0.3 is 0 Å². The van der Waals surface area contributed by atoms with E-state index in [0.717, 1.165) is 40.5 Å². The van der Waals surface area contributed by atoms with Crippen molar-refractivity contribution in [3.05, 3.63) is 70.4 Å². The van der Waals surface area contributed by atoms with Gasteiger partial charge in [-0.05, 0) is 55.3 Å². The molecule has 5 rings (SSSR count). The van der Waals surface area contributed by atoms with E-state index in [2.05, 4.69) is 38.2 Å². The van der Waals surface area contributed by atoms with E-state index in [1.807, 2.05) is 6.07 Å². The summed E-state index contributed by atoms with van der Waals surface area (Å²) >= 11 is 0. The number of carbonyl (C=O) groups is 1. The fourth-order valence-corrected chi connectivity index (χ4v) is 4.18. The van der Waals surface area contributed by atoms with Crippen LogP contribution in [0.1, 0.15) is 35.8 Å². The van der Waals surface area contributed by atoms with Gasteiger partial charge in [-0.1, -0.05) is 6.07 Å². The summed E-state index contributed by atoms with van der Waals surface area (Å²) in [5.74, 6) is 0.254. The standard InChI is InChI=1S/C23H23N5O2/c1-14-3-2-6-28(14)13-19-8-18-12-24-21(10-20(18)26-19)27-23(30)16-5-4-15-9-22(29)25-11-17(15)7-16/h4-5,7-12,14,26H,2-3,6,13H2,1H3,(H,25,29)(H,24,27,30)/t14-/m0/s1. The molecule has 3 aromatic heterocycles. The molecular formula is C23H23N5O2. The first-order valence-electron chi connectivity index (χ1n) is 10.2. The molecule has 152 valence electrons. The Balaban J connectivity index is 1.35. The van der Waals surface area contributed by atoms with Crippen molar-refractivity contribution in [3.8, 4) is 0 Å². The van der Waals surface area contributed by atoms with E-state index >= 15 is 0 Å². The molecule has 1 aliphatic heterocycles. The Bertz CT molecular complexity index is 1310. The average Bonchev–Trinajstić information content (AvgIpc) is 3.32. The lowest BCUT2D eigenvalue weighted by Gasteiger charge is -2.19. The molecule has 0 bridgehead atoms. The zero-order chi connectivity index (χ0) is 20.7. The number of aromatic amines is 2. The lowest BCUT2D eigenvalue weighted by Crippen LogP contribution is -2.26. The fraction of sp³-hybridized carbons (Fsp3) is 0.261. The highest BCUT2D eigenvalue weighted by molar-refractivity contribution is 6.06. The summed E-state index contributed by atoms with van der Waals surface area (Å²) in [5.41, 5.74) is 2.46. The second kappa shape index (κ2) is 7.42. The number of rotatable bonds is 4. The molecule has 1 aliphatic rings. The van der Waals surface area contributed by atoms with Crippen molar-refractivity contribution in [1.29, 1.82) is 0 Å². The molecule has 0 radical (unpaired) electrons. The molecule has 3 N–H and O–H groups in total. The molecule has 1 amide bonds. The highest BCUT2D eigenvalue weighted by Gasteiger charge is 2.20. The summed E-state index contributed by atoms with van der Waals surface area (Å²) in [6, 6.07) is 11.4. The number of aromatic nitrogens is 3. The van der Waals surface area contributed by atoms with Gasteiger partial charge in [-0.15, -0.1) is 0 Å². The maximum atomic E-state index is 12.7. The number of nitrogens with zero attached hydrogens (tertiary/aromatic N) is 2. The largest absolute Gasteiger partial charge is 0.357 e. The van der Waals surface area contributed by atoms with Gasteiger partial charge in [-0.2, -0.15) is 0 Å². The fourth-order valence-electron chi connectivity index (χ4n) is 4.18. The number of nitrogens with one attached hydrogen (secondary N) is 3. The van der Waals surface area contributed by atoms with Crippen LogP contribution in [-0.2, 0) is 6.54 Å². The van der Waals surface area contributed by atoms with Crippen molar-refractivity contribution in [2.45, 2.75) is 32.4 Å². The Hall–Kier alpha value is -3.45. The summed E-state index contributed by atoms with van der Waals surface area (Å²) in [4.78, 5) is 37.1. The molecule has 4 heterocycles. The van der Waals surface area contributed by atoms with Crippen LogP contribution in [0.5, 0.6) is 0 Å². The average molecular weight is 401 g/mol. The molecule has 1 saturated heterocycles. The van der Waals surface area contributed by atoms with Gasteiger partial charge in [0.25, 0.3) is 5.91 Å². The molecule has 0 spiro atoms. The van der Waals surface area contributed by atoms with E-state index in [1.54, 1.807) is 30.6 Å². The number of amides is 1. The molecule has 0 unspecified atom stereocenters. The van der Waals surface area contributed by atoms with Crippen LogP contribution in [0, 0.1) is 0 Å². The third-order valence-electron chi connectivity index (χ3n) is 5.87. The molecule has 0 saturated carbocycles. The maximum Gasteiger partial charge on any atom is 0.256 e. The second-order valence-corrected chi connectivity index (χ2v) is 8.01. The van der Waals surface area contributed by atoms with Crippen molar-refractivity contribution in [2.75, 3.05) is 11.9 Å². The van der Waals surface area contributed by atoms with Gasteiger partial charge < -0.3 is 15.3 Å². The van der Waals surface area contributed by atoms with Crippen LogP contribution in [-0.4, -0.2) is 38.3 Å². The SMILES string of the molecule is C[C@H]1CCCN1Cc1cc2cnc(NC(=O)c3ccc4cc(=O)[nH]cc4c3)cc2[nH]1. The van der Waals surface area contributed by atoms with Gasteiger partial charge in [0, 0.05) is 53.8 Å². The Morgan fingerprint density at radius 3 is 2.93 bits per heavy atom. The second-order valence-electron chi connectivity index (χ2n) is 8.01. The van der Waals surface area contributed by atoms with Gasteiger partial charge in [-0.3, -0.25) is 14.5 Å². The van der Waals surface area contributed by atoms with Gasteiger partial charge in [-0.25, -0.2) is 4.98 Å². The first kappa shape index (κ1) is 18.6. The lowest BCUT2D eigenvalue weighted by atomic mass is 10.1. The third-order valence-corrected chi connectivity index (χ3v) is 5.87. The highest BCUT2D eigenvalue weighted by Crippen LogP contribution is 2.23. The predicted molar refractivity (Wildman–Crippen MR) is 118 cm³/mol. The van der Waals surface area contributed by atoms with Crippen molar-refractivity contribution < 1.29 is 4.79 Å². The zero-order valence-corrected chi connectivity index (χ0v) is 16.7. The molecule has 1 aromatic carbocycles. The lowest BCUT2D eigenvalue weighted by molar-refractivity contribution is 0.102. The minimum atomic E-state index is -0.243. The number of fused-ring (bicyclic) bond motifs is 2. The third kappa shape index (κ3) is 3.59. The maximum absolute atomic E-state index is 12.7. The van der Waals surface area contributed by atoms with Crippen LogP contribution in [0.3, 0.4) is 0 Å². The predicted octanol–water partition coefficient (Wildman–Crippen LogP) is 3.64. The van der Waals surface area contributed by atoms with Gasteiger partial charge in [0.2, 0.25) is 5.56 Å². The minimum absolute atomic E-state index is 0.165. The monoisotopic (exact) mass is 401 g/mol. The van der Waals surface area contributed by atoms with Crippen molar-refractivity contribution in [2.24, 2.45) is 0 Å². The number of anilines is 1. The smallest absolute Gasteiger partial charge is 0.256 e. The van der Waals surface area contributed by atoms with E-state index in [1.165, 1.54) is 18.9 Å². The molecule has 1 fully saturated rings. The van der Waals surface area contributed by atoms with E-state index < -0.39 is 0 Å². The summed E-state index contributed by atoms with van der Waals surface area (Å²) < 4.78 is 0. The Kier molecular flexibility index (Phi) is 4.59. The van der Waals surface area contributed by atoms with Crippen LogP contribution in [0.15, 0.2) is 53.6 Å². The molecule has 30 heavy (non-hydrogen) atoms. The van der Waals surface area contributed by atoms with Gasteiger partial charge in [0.1, 0.15) is 5.82 Å². The number of H-pyrrole nitrogens is 2. The normalized spacial score (nSPS) is 17.0. The van der Waals surface area contributed by atoms with Crippen molar-refractivity contribution in [1.82, 2.24) is 19.9 Å². The van der Waals surface area contributed by atoms with Gasteiger partial charge in [0.05, 0.1) is 5.52 Å².